The van der Waals surface area contributed by atoms with Crippen LogP contribution in [0.15, 0.2) is 18.6 Å². The molecule has 0 radical (unpaired) electrons. The predicted octanol–water partition coefficient (Wildman–Crippen LogP) is 1.64. The van der Waals surface area contributed by atoms with Gasteiger partial charge in [0.2, 0.25) is 0 Å². The van der Waals surface area contributed by atoms with Crippen LogP contribution in [0.4, 0.5) is 0 Å². The second kappa shape index (κ2) is 2.44. The van der Waals surface area contributed by atoms with Crippen molar-refractivity contribution in [1.82, 2.24) is 14.6 Å². The van der Waals surface area contributed by atoms with Crippen molar-refractivity contribution in [1.29, 1.82) is 0 Å². The Morgan fingerprint density at radius 3 is 3.09 bits per heavy atom. The van der Waals surface area contributed by atoms with E-state index in [2.05, 4.69) is 32.7 Å². The number of hydrogen-bond acceptors (Lipinski definition) is 2. The fourth-order valence-corrected chi connectivity index (χ4v) is 1.45. The van der Waals surface area contributed by atoms with Crippen molar-refractivity contribution in [2.45, 2.75) is 6.92 Å². The summed E-state index contributed by atoms with van der Waals surface area (Å²) in [5.41, 5.74) is 2.05. The van der Waals surface area contributed by atoms with Crippen molar-refractivity contribution in [3.05, 3.63) is 27.7 Å². The normalized spacial score (nSPS) is 10.7. The molecule has 0 fully saturated rings. The number of aryl methyl sites for hydroxylation is 1. The minimum Gasteiger partial charge on any atom is -0.236 e. The molecule has 0 aliphatic heterocycles. The molecule has 0 saturated heterocycles. The number of fused-ring (bicyclic) bond motifs is 1. The monoisotopic (exact) mass is 259 g/mol. The Morgan fingerprint density at radius 1 is 1.45 bits per heavy atom. The first-order chi connectivity index (χ1) is 5.27. The van der Waals surface area contributed by atoms with Gasteiger partial charge in [-0.25, -0.2) is 9.50 Å². The Morgan fingerprint density at radius 2 is 2.27 bits per heavy atom. The maximum Gasteiger partial charge on any atom is 0.168 e. The molecule has 0 aliphatic carbocycles. The van der Waals surface area contributed by atoms with Crippen molar-refractivity contribution in [2.24, 2.45) is 0 Å². The molecule has 0 aromatic carbocycles. The molecular weight excluding hydrogens is 253 g/mol. The maximum atomic E-state index is 4.23. The zero-order valence-electron chi connectivity index (χ0n) is 5.95. The fraction of sp³-hybridized carbons (Fsp3) is 0.143. The van der Waals surface area contributed by atoms with Gasteiger partial charge >= 0.3 is 0 Å². The Hall–Kier alpha value is -0.650. The molecule has 0 spiro atoms. The molecule has 11 heavy (non-hydrogen) atoms. The minimum absolute atomic E-state index is 0.927. The number of hydrogen-bond donors (Lipinski definition) is 0. The van der Waals surface area contributed by atoms with Gasteiger partial charge in [-0.05, 0) is 35.1 Å². The highest BCUT2D eigenvalue weighted by atomic mass is 127. The molecule has 56 valence electrons. The Balaban J connectivity index is 2.86. The van der Waals surface area contributed by atoms with E-state index < -0.39 is 0 Å². The Bertz CT molecular complexity index is 393. The van der Waals surface area contributed by atoms with Crippen molar-refractivity contribution in [3.63, 3.8) is 0 Å². The highest BCUT2D eigenvalue weighted by Crippen LogP contribution is 2.09. The molecule has 0 amide bonds. The largest absolute Gasteiger partial charge is 0.236 e. The molecule has 0 aliphatic rings. The third-order valence-electron chi connectivity index (χ3n) is 1.44. The van der Waals surface area contributed by atoms with Crippen LogP contribution in [0.5, 0.6) is 0 Å². The van der Waals surface area contributed by atoms with E-state index in [9.17, 15) is 0 Å². The van der Waals surface area contributed by atoms with Crippen molar-refractivity contribution < 1.29 is 0 Å². The van der Waals surface area contributed by atoms with E-state index in [4.69, 9.17) is 0 Å². The SMILES string of the molecule is Cc1cnc2c(I)cnn2c1. The number of nitrogens with zero attached hydrogens (tertiary/aromatic N) is 3. The zero-order valence-corrected chi connectivity index (χ0v) is 8.11. The van der Waals surface area contributed by atoms with Crippen LogP contribution in [0.1, 0.15) is 5.56 Å². The molecule has 0 N–H and O–H groups in total. The molecule has 2 aromatic heterocycles. The van der Waals surface area contributed by atoms with Crippen LogP contribution >= 0.6 is 22.6 Å². The third kappa shape index (κ3) is 1.11. The van der Waals surface area contributed by atoms with E-state index in [0.29, 0.717) is 0 Å². The van der Waals surface area contributed by atoms with Crippen molar-refractivity contribution in [2.75, 3.05) is 0 Å². The van der Waals surface area contributed by atoms with E-state index in [1.807, 2.05) is 25.5 Å². The molecule has 4 heteroatoms. The van der Waals surface area contributed by atoms with E-state index in [1.54, 1.807) is 4.52 Å². The Labute approximate surface area is 77.6 Å². The van der Waals surface area contributed by atoms with E-state index >= 15 is 0 Å². The molecule has 0 unspecified atom stereocenters. The number of aromatic nitrogens is 3. The summed E-state index contributed by atoms with van der Waals surface area (Å²) in [6.07, 6.45) is 5.62. The van der Waals surface area contributed by atoms with Gasteiger partial charge in [0.05, 0.1) is 9.77 Å². The summed E-state index contributed by atoms with van der Waals surface area (Å²) in [6.45, 7) is 2.00. The first kappa shape index (κ1) is 7.02. The highest BCUT2D eigenvalue weighted by molar-refractivity contribution is 14.1. The summed E-state index contributed by atoms with van der Waals surface area (Å²) in [5.74, 6) is 0. The predicted molar refractivity (Wildman–Crippen MR) is 50.4 cm³/mol. The summed E-state index contributed by atoms with van der Waals surface area (Å²) in [6, 6.07) is 0. The first-order valence-corrected chi connectivity index (χ1v) is 4.31. The van der Waals surface area contributed by atoms with Crippen LogP contribution < -0.4 is 0 Å². The van der Waals surface area contributed by atoms with Crippen LogP contribution in [0.3, 0.4) is 0 Å². The lowest BCUT2D eigenvalue weighted by atomic mass is 10.4. The minimum atomic E-state index is 0.927. The van der Waals surface area contributed by atoms with Crippen LogP contribution in [-0.4, -0.2) is 14.6 Å². The molecule has 0 bridgehead atoms. The summed E-state index contributed by atoms with van der Waals surface area (Å²) < 4.78 is 2.87. The van der Waals surface area contributed by atoms with Gasteiger partial charge in [-0.3, -0.25) is 0 Å². The first-order valence-electron chi connectivity index (χ1n) is 3.23. The van der Waals surface area contributed by atoms with Gasteiger partial charge in [-0.15, -0.1) is 0 Å². The number of rotatable bonds is 0. The lowest BCUT2D eigenvalue weighted by Crippen LogP contribution is -1.90. The number of halogens is 1. The van der Waals surface area contributed by atoms with Crippen LogP contribution in [-0.2, 0) is 0 Å². The standard InChI is InChI=1S/C7H6IN3/c1-5-2-9-7-6(8)3-10-11(7)4-5/h2-4H,1H3. The summed E-state index contributed by atoms with van der Waals surface area (Å²) >= 11 is 2.22. The average molecular weight is 259 g/mol. The van der Waals surface area contributed by atoms with Gasteiger partial charge in [0.25, 0.3) is 0 Å². The van der Waals surface area contributed by atoms with E-state index in [0.717, 1.165) is 14.8 Å². The molecule has 2 heterocycles. The molecular formula is C7H6IN3. The van der Waals surface area contributed by atoms with Crippen LogP contribution in [0.25, 0.3) is 5.65 Å². The maximum absolute atomic E-state index is 4.23. The van der Waals surface area contributed by atoms with Gasteiger partial charge in [0.15, 0.2) is 5.65 Å². The summed E-state index contributed by atoms with van der Waals surface area (Å²) in [7, 11) is 0. The van der Waals surface area contributed by atoms with Gasteiger partial charge in [-0.1, -0.05) is 0 Å². The fourth-order valence-electron chi connectivity index (χ4n) is 0.939. The quantitative estimate of drug-likeness (QED) is 0.673. The van der Waals surface area contributed by atoms with E-state index in [-0.39, 0.29) is 0 Å². The van der Waals surface area contributed by atoms with Gasteiger partial charge < -0.3 is 0 Å². The zero-order chi connectivity index (χ0) is 7.84. The highest BCUT2D eigenvalue weighted by Gasteiger charge is 1.99. The average Bonchev–Trinajstić information content (AvgIpc) is 2.32. The molecule has 0 saturated carbocycles. The molecule has 2 rings (SSSR count). The van der Waals surface area contributed by atoms with Crippen molar-refractivity contribution in [3.8, 4) is 0 Å². The summed E-state index contributed by atoms with van der Waals surface area (Å²) in [5, 5.41) is 4.13. The third-order valence-corrected chi connectivity index (χ3v) is 2.20. The summed E-state index contributed by atoms with van der Waals surface area (Å²) in [4.78, 5) is 4.23. The van der Waals surface area contributed by atoms with Gasteiger partial charge in [0, 0.05) is 12.4 Å². The second-order valence-corrected chi connectivity index (χ2v) is 3.55. The van der Waals surface area contributed by atoms with Gasteiger partial charge in [0.1, 0.15) is 0 Å². The van der Waals surface area contributed by atoms with Crippen molar-refractivity contribution >= 4 is 28.2 Å². The van der Waals surface area contributed by atoms with E-state index in [1.165, 1.54) is 0 Å². The lowest BCUT2D eigenvalue weighted by Gasteiger charge is -1.93. The second-order valence-electron chi connectivity index (χ2n) is 2.39. The molecule has 0 atom stereocenters. The van der Waals surface area contributed by atoms with Crippen LogP contribution in [0, 0.1) is 10.5 Å². The lowest BCUT2D eigenvalue weighted by molar-refractivity contribution is 0.928. The topological polar surface area (TPSA) is 30.2 Å². The Kier molecular flexibility index (Phi) is 1.56. The smallest absolute Gasteiger partial charge is 0.168 e. The van der Waals surface area contributed by atoms with Gasteiger partial charge in [-0.2, -0.15) is 5.10 Å². The molecule has 2 aromatic rings. The molecule has 3 nitrogen and oxygen atoms in total. The van der Waals surface area contributed by atoms with Crippen LogP contribution in [0.2, 0.25) is 0 Å².